The van der Waals surface area contributed by atoms with Crippen molar-refractivity contribution >= 4 is 5.82 Å². The molecule has 84 valence electrons. The molecular formula is C12H21N3. The number of aromatic nitrogens is 2. The van der Waals surface area contributed by atoms with E-state index in [1.807, 2.05) is 6.08 Å². The summed E-state index contributed by atoms with van der Waals surface area (Å²) in [5, 5.41) is 10.7. The summed E-state index contributed by atoms with van der Waals surface area (Å²) in [6, 6.07) is 0.440. The van der Waals surface area contributed by atoms with Crippen molar-refractivity contribution < 1.29 is 0 Å². The molecule has 15 heavy (non-hydrogen) atoms. The van der Waals surface area contributed by atoms with E-state index in [0.717, 1.165) is 25.1 Å². The van der Waals surface area contributed by atoms with E-state index in [0.29, 0.717) is 6.04 Å². The lowest BCUT2D eigenvalue weighted by atomic mass is 10.1. The monoisotopic (exact) mass is 207 g/mol. The van der Waals surface area contributed by atoms with Crippen LogP contribution >= 0.6 is 0 Å². The number of rotatable bonds is 6. The van der Waals surface area contributed by atoms with Crippen molar-refractivity contribution in [2.75, 3.05) is 5.32 Å². The minimum Gasteiger partial charge on any atom is -0.366 e. The van der Waals surface area contributed by atoms with E-state index in [9.17, 15) is 0 Å². The standard InChI is InChI=1S/C12H21N3/c1-5-7-8-9(3)13-12-10(4)11(6-2)14-15-12/h5,9H,1,6-8H2,2-4H3,(H2,13,14,15). The van der Waals surface area contributed by atoms with Crippen LogP contribution in [0.4, 0.5) is 5.82 Å². The number of nitrogens with one attached hydrogen (secondary N) is 2. The Kier molecular flexibility index (Phi) is 4.40. The fourth-order valence-corrected chi connectivity index (χ4v) is 1.59. The normalized spacial score (nSPS) is 12.5. The van der Waals surface area contributed by atoms with Crippen LogP contribution in [0, 0.1) is 6.92 Å². The van der Waals surface area contributed by atoms with Gasteiger partial charge in [-0.3, -0.25) is 5.10 Å². The summed E-state index contributed by atoms with van der Waals surface area (Å²) in [5.41, 5.74) is 2.45. The predicted octanol–water partition coefficient (Wildman–Crippen LogP) is 3.05. The lowest BCUT2D eigenvalue weighted by Gasteiger charge is -2.12. The van der Waals surface area contributed by atoms with Crippen molar-refractivity contribution in [1.29, 1.82) is 0 Å². The van der Waals surface area contributed by atoms with Crippen LogP contribution in [0.25, 0.3) is 0 Å². The van der Waals surface area contributed by atoms with Crippen LogP contribution in [0.15, 0.2) is 12.7 Å². The fourth-order valence-electron chi connectivity index (χ4n) is 1.59. The van der Waals surface area contributed by atoms with Crippen molar-refractivity contribution in [2.45, 2.75) is 46.1 Å². The van der Waals surface area contributed by atoms with Gasteiger partial charge in [0.05, 0.1) is 0 Å². The summed E-state index contributed by atoms with van der Waals surface area (Å²) >= 11 is 0. The zero-order chi connectivity index (χ0) is 11.3. The Labute approximate surface area is 92.0 Å². The highest BCUT2D eigenvalue weighted by Crippen LogP contribution is 2.17. The van der Waals surface area contributed by atoms with Gasteiger partial charge in [0, 0.05) is 17.3 Å². The summed E-state index contributed by atoms with van der Waals surface area (Å²) in [6.45, 7) is 10.1. The molecule has 0 saturated carbocycles. The molecule has 1 aromatic rings. The molecule has 0 fully saturated rings. The molecule has 0 radical (unpaired) electrons. The van der Waals surface area contributed by atoms with E-state index in [4.69, 9.17) is 0 Å². The number of hydrogen-bond acceptors (Lipinski definition) is 2. The summed E-state index contributed by atoms with van der Waals surface area (Å²) in [6.07, 6.45) is 5.09. The first-order valence-corrected chi connectivity index (χ1v) is 5.60. The number of allylic oxidation sites excluding steroid dienone is 1. The highest BCUT2D eigenvalue weighted by atomic mass is 15.2. The SMILES string of the molecule is C=CCCC(C)Nc1n[nH]c(CC)c1C. The average Bonchev–Trinajstić information content (AvgIpc) is 2.57. The lowest BCUT2D eigenvalue weighted by molar-refractivity contribution is 0.714. The summed E-state index contributed by atoms with van der Waals surface area (Å²) in [5.74, 6) is 0.989. The molecule has 1 unspecified atom stereocenters. The van der Waals surface area contributed by atoms with E-state index in [1.165, 1.54) is 11.3 Å². The van der Waals surface area contributed by atoms with Gasteiger partial charge in [-0.15, -0.1) is 6.58 Å². The molecule has 0 spiro atoms. The van der Waals surface area contributed by atoms with Crippen LogP contribution in [0.1, 0.15) is 37.9 Å². The van der Waals surface area contributed by atoms with E-state index >= 15 is 0 Å². The Morgan fingerprint density at radius 1 is 1.60 bits per heavy atom. The van der Waals surface area contributed by atoms with Crippen molar-refractivity contribution in [3.63, 3.8) is 0 Å². The van der Waals surface area contributed by atoms with Gasteiger partial charge in [0.2, 0.25) is 0 Å². The number of hydrogen-bond donors (Lipinski definition) is 2. The van der Waals surface area contributed by atoms with Crippen LogP contribution < -0.4 is 5.32 Å². The third kappa shape index (κ3) is 3.11. The Morgan fingerprint density at radius 2 is 2.33 bits per heavy atom. The maximum Gasteiger partial charge on any atom is 0.151 e. The molecule has 0 aromatic carbocycles. The number of anilines is 1. The number of aromatic amines is 1. The van der Waals surface area contributed by atoms with Crippen LogP contribution in [-0.2, 0) is 6.42 Å². The summed E-state index contributed by atoms with van der Waals surface area (Å²) in [4.78, 5) is 0. The van der Waals surface area contributed by atoms with Crippen molar-refractivity contribution in [3.05, 3.63) is 23.9 Å². The number of H-pyrrole nitrogens is 1. The Morgan fingerprint density at radius 3 is 2.87 bits per heavy atom. The molecule has 0 bridgehead atoms. The van der Waals surface area contributed by atoms with Gasteiger partial charge in [0.25, 0.3) is 0 Å². The van der Waals surface area contributed by atoms with Gasteiger partial charge < -0.3 is 5.32 Å². The molecule has 3 heteroatoms. The van der Waals surface area contributed by atoms with Crippen molar-refractivity contribution in [2.24, 2.45) is 0 Å². The highest BCUT2D eigenvalue weighted by molar-refractivity contribution is 5.46. The second kappa shape index (κ2) is 5.59. The molecule has 2 N–H and O–H groups in total. The van der Waals surface area contributed by atoms with Crippen LogP contribution in [0.5, 0.6) is 0 Å². The zero-order valence-electron chi connectivity index (χ0n) is 9.93. The second-order valence-electron chi connectivity index (χ2n) is 3.94. The smallest absolute Gasteiger partial charge is 0.151 e. The van der Waals surface area contributed by atoms with E-state index in [-0.39, 0.29) is 0 Å². The number of aryl methyl sites for hydroxylation is 1. The molecule has 1 heterocycles. The van der Waals surface area contributed by atoms with Crippen LogP contribution in [0.2, 0.25) is 0 Å². The summed E-state index contributed by atoms with van der Waals surface area (Å²) < 4.78 is 0. The zero-order valence-corrected chi connectivity index (χ0v) is 9.93. The minimum atomic E-state index is 0.440. The lowest BCUT2D eigenvalue weighted by Crippen LogP contribution is -2.15. The van der Waals surface area contributed by atoms with Gasteiger partial charge in [0.1, 0.15) is 0 Å². The quantitative estimate of drug-likeness (QED) is 0.704. The predicted molar refractivity (Wildman–Crippen MR) is 65.2 cm³/mol. The molecule has 3 nitrogen and oxygen atoms in total. The third-order valence-electron chi connectivity index (χ3n) is 2.65. The number of nitrogens with zero attached hydrogens (tertiary/aromatic N) is 1. The molecule has 0 saturated heterocycles. The molecule has 0 aliphatic rings. The van der Waals surface area contributed by atoms with Crippen molar-refractivity contribution in [3.8, 4) is 0 Å². The van der Waals surface area contributed by atoms with Crippen LogP contribution in [0.3, 0.4) is 0 Å². The molecule has 0 aliphatic carbocycles. The highest BCUT2D eigenvalue weighted by Gasteiger charge is 2.09. The Hall–Kier alpha value is -1.25. The molecular weight excluding hydrogens is 186 g/mol. The largest absolute Gasteiger partial charge is 0.366 e. The fraction of sp³-hybridized carbons (Fsp3) is 0.583. The molecule has 1 aromatic heterocycles. The van der Waals surface area contributed by atoms with E-state index in [2.05, 4.69) is 42.9 Å². The first-order valence-electron chi connectivity index (χ1n) is 5.60. The van der Waals surface area contributed by atoms with Gasteiger partial charge in [-0.05, 0) is 33.1 Å². The van der Waals surface area contributed by atoms with Gasteiger partial charge in [-0.2, -0.15) is 5.10 Å². The maximum absolute atomic E-state index is 4.27. The first kappa shape index (κ1) is 11.8. The van der Waals surface area contributed by atoms with Gasteiger partial charge >= 0.3 is 0 Å². The summed E-state index contributed by atoms with van der Waals surface area (Å²) in [7, 11) is 0. The van der Waals surface area contributed by atoms with Crippen LogP contribution in [-0.4, -0.2) is 16.2 Å². The Balaban J connectivity index is 2.56. The van der Waals surface area contributed by atoms with Gasteiger partial charge in [-0.1, -0.05) is 13.0 Å². The second-order valence-corrected chi connectivity index (χ2v) is 3.94. The maximum atomic E-state index is 4.27. The van der Waals surface area contributed by atoms with E-state index in [1.54, 1.807) is 0 Å². The molecule has 1 rings (SSSR count). The molecule has 1 atom stereocenters. The molecule has 0 aliphatic heterocycles. The molecule has 0 amide bonds. The third-order valence-corrected chi connectivity index (χ3v) is 2.65. The Bertz CT molecular complexity index is 315. The first-order chi connectivity index (χ1) is 7.19. The minimum absolute atomic E-state index is 0.440. The average molecular weight is 207 g/mol. The van der Waals surface area contributed by atoms with Gasteiger partial charge in [-0.25, -0.2) is 0 Å². The van der Waals surface area contributed by atoms with Gasteiger partial charge in [0.15, 0.2) is 5.82 Å². The van der Waals surface area contributed by atoms with E-state index < -0.39 is 0 Å². The topological polar surface area (TPSA) is 40.7 Å². The van der Waals surface area contributed by atoms with Crippen molar-refractivity contribution in [1.82, 2.24) is 10.2 Å².